The summed E-state index contributed by atoms with van der Waals surface area (Å²) in [5, 5.41) is 0. The van der Waals surface area contributed by atoms with Crippen LogP contribution in [0.4, 0.5) is 0 Å². The maximum Gasteiger partial charge on any atom is 0.230 e. The van der Waals surface area contributed by atoms with E-state index in [9.17, 15) is 4.79 Å². The number of hydrogen-bond acceptors (Lipinski definition) is 3. The van der Waals surface area contributed by atoms with E-state index < -0.39 is 0 Å². The van der Waals surface area contributed by atoms with E-state index in [1.165, 1.54) is 5.56 Å². The molecule has 116 valence electrons. The maximum absolute atomic E-state index is 12.9. The van der Waals surface area contributed by atoms with Gasteiger partial charge < -0.3 is 15.5 Å². The lowest BCUT2D eigenvalue weighted by atomic mass is 9.67. The summed E-state index contributed by atoms with van der Waals surface area (Å²) in [6.45, 7) is 2.77. The van der Waals surface area contributed by atoms with Crippen LogP contribution in [0.2, 0.25) is 0 Å². The fraction of sp³-hybridized carbons (Fsp3) is 0.588. The van der Waals surface area contributed by atoms with Crippen molar-refractivity contribution in [2.75, 3.05) is 33.7 Å². The Morgan fingerprint density at radius 3 is 2.33 bits per heavy atom. The molecule has 1 amide bonds. The van der Waals surface area contributed by atoms with Crippen molar-refractivity contribution >= 4 is 5.91 Å². The Morgan fingerprint density at radius 1 is 1.19 bits per heavy atom. The highest BCUT2D eigenvalue weighted by atomic mass is 16.2. The summed E-state index contributed by atoms with van der Waals surface area (Å²) in [6, 6.07) is 10.2. The number of nitrogens with zero attached hydrogens (tertiary/aromatic N) is 2. The van der Waals surface area contributed by atoms with Crippen LogP contribution in [0.25, 0.3) is 0 Å². The van der Waals surface area contributed by atoms with Gasteiger partial charge >= 0.3 is 0 Å². The van der Waals surface area contributed by atoms with Crippen LogP contribution in [-0.4, -0.2) is 49.4 Å². The fourth-order valence-electron chi connectivity index (χ4n) is 2.82. The van der Waals surface area contributed by atoms with Gasteiger partial charge in [0, 0.05) is 26.2 Å². The summed E-state index contributed by atoms with van der Waals surface area (Å²) in [7, 11) is 4.07. The first kappa shape index (κ1) is 16.0. The molecular formula is C17H27N3O. The normalized spacial score (nSPS) is 16.6. The second-order valence-electron chi connectivity index (χ2n) is 6.35. The average molecular weight is 289 g/mol. The summed E-state index contributed by atoms with van der Waals surface area (Å²) in [6.07, 6.45) is 3.00. The molecule has 1 aliphatic rings. The van der Waals surface area contributed by atoms with Crippen LogP contribution in [0, 0.1) is 5.41 Å². The zero-order chi connectivity index (χ0) is 15.3. The van der Waals surface area contributed by atoms with Gasteiger partial charge in [0.05, 0.1) is 5.41 Å². The highest BCUT2D eigenvalue weighted by Gasteiger charge is 2.44. The molecule has 0 saturated heterocycles. The first-order valence-electron chi connectivity index (χ1n) is 7.75. The van der Waals surface area contributed by atoms with Gasteiger partial charge in [-0.15, -0.1) is 0 Å². The molecule has 2 N–H and O–H groups in total. The third-order valence-electron chi connectivity index (χ3n) is 4.48. The van der Waals surface area contributed by atoms with Gasteiger partial charge in [0.1, 0.15) is 0 Å². The molecule has 0 aromatic heterocycles. The van der Waals surface area contributed by atoms with Crippen LogP contribution < -0.4 is 5.73 Å². The van der Waals surface area contributed by atoms with Crippen molar-refractivity contribution in [2.45, 2.75) is 25.8 Å². The molecule has 1 aliphatic carbocycles. The number of amides is 1. The maximum atomic E-state index is 12.9. The number of hydrogen-bond donors (Lipinski definition) is 1. The number of carbonyl (C=O) groups excluding carboxylic acids is 1. The Kier molecular flexibility index (Phi) is 5.37. The second kappa shape index (κ2) is 7.05. The number of rotatable bonds is 7. The van der Waals surface area contributed by atoms with E-state index in [1.54, 1.807) is 0 Å². The predicted molar refractivity (Wildman–Crippen MR) is 85.8 cm³/mol. The fourth-order valence-corrected chi connectivity index (χ4v) is 2.82. The minimum atomic E-state index is -0.291. The average Bonchev–Trinajstić information content (AvgIpc) is 2.43. The predicted octanol–water partition coefficient (Wildman–Crippen LogP) is 1.71. The van der Waals surface area contributed by atoms with E-state index in [4.69, 9.17) is 5.73 Å². The number of benzene rings is 1. The topological polar surface area (TPSA) is 49.6 Å². The third kappa shape index (κ3) is 3.83. The molecule has 0 aliphatic heterocycles. The highest BCUT2D eigenvalue weighted by molar-refractivity contribution is 5.84. The van der Waals surface area contributed by atoms with E-state index in [-0.39, 0.29) is 11.3 Å². The molecule has 0 bridgehead atoms. The minimum absolute atomic E-state index is 0.238. The van der Waals surface area contributed by atoms with Gasteiger partial charge in [0.15, 0.2) is 0 Å². The van der Waals surface area contributed by atoms with E-state index in [2.05, 4.69) is 17.0 Å². The third-order valence-corrected chi connectivity index (χ3v) is 4.48. The van der Waals surface area contributed by atoms with Crippen molar-refractivity contribution in [1.82, 2.24) is 9.80 Å². The first-order chi connectivity index (χ1) is 10.1. The van der Waals surface area contributed by atoms with E-state index in [0.29, 0.717) is 13.1 Å². The summed E-state index contributed by atoms with van der Waals surface area (Å²) in [5.74, 6) is 0.238. The smallest absolute Gasteiger partial charge is 0.230 e. The van der Waals surface area contributed by atoms with E-state index >= 15 is 0 Å². The number of nitrogens with two attached hydrogens (primary N) is 1. The van der Waals surface area contributed by atoms with Crippen molar-refractivity contribution in [3.8, 4) is 0 Å². The minimum Gasteiger partial charge on any atom is -0.337 e. The van der Waals surface area contributed by atoms with Crippen LogP contribution in [0.15, 0.2) is 30.3 Å². The molecule has 1 fully saturated rings. The van der Waals surface area contributed by atoms with Gasteiger partial charge in [-0.25, -0.2) is 0 Å². The van der Waals surface area contributed by atoms with Crippen LogP contribution in [-0.2, 0) is 11.3 Å². The molecule has 1 aromatic rings. The zero-order valence-electron chi connectivity index (χ0n) is 13.2. The van der Waals surface area contributed by atoms with Crippen molar-refractivity contribution < 1.29 is 4.79 Å². The summed E-state index contributed by atoms with van der Waals surface area (Å²) in [4.78, 5) is 17.0. The monoisotopic (exact) mass is 289 g/mol. The van der Waals surface area contributed by atoms with E-state index in [0.717, 1.165) is 32.4 Å². The quantitative estimate of drug-likeness (QED) is 0.831. The van der Waals surface area contributed by atoms with Gasteiger partial charge in [-0.05, 0) is 32.5 Å². The van der Waals surface area contributed by atoms with Crippen molar-refractivity contribution in [3.63, 3.8) is 0 Å². The van der Waals surface area contributed by atoms with Crippen LogP contribution in [0.3, 0.4) is 0 Å². The Labute approximate surface area is 127 Å². The lowest BCUT2D eigenvalue weighted by Crippen LogP contribution is -2.52. The molecule has 2 rings (SSSR count). The molecule has 1 saturated carbocycles. The Bertz CT molecular complexity index is 449. The van der Waals surface area contributed by atoms with Crippen molar-refractivity contribution in [3.05, 3.63) is 35.9 Å². The zero-order valence-corrected chi connectivity index (χ0v) is 13.2. The van der Waals surface area contributed by atoms with Crippen LogP contribution in [0.5, 0.6) is 0 Å². The molecule has 0 unspecified atom stereocenters. The lowest BCUT2D eigenvalue weighted by Gasteiger charge is -2.43. The second-order valence-corrected chi connectivity index (χ2v) is 6.35. The number of carbonyl (C=O) groups is 1. The molecule has 21 heavy (non-hydrogen) atoms. The Hall–Kier alpha value is -1.39. The van der Waals surface area contributed by atoms with Crippen molar-refractivity contribution in [2.24, 2.45) is 11.1 Å². The molecular weight excluding hydrogens is 262 g/mol. The standard InChI is InChI=1S/C17H27N3O/c1-19(2)11-12-20(13-15-7-4-3-5-8-15)16(21)17(14-18)9-6-10-17/h3-5,7-8H,6,9-14,18H2,1-2H3. The van der Waals surface area contributed by atoms with Gasteiger partial charge in [-0.3, -0.25) is 4.79 Å². The van der Waals surface area contributed by atoms with Gasteiger partial charge in [0.2, 0.25) is 5.91 Å². The lowest BCUT2D eigenvalue weighted by molar-refractivity contribution is -0.147. The van der Waals surface area contributed by atoms with Crippen LogP contribution >= 0.6 is 0 Å². The Morgan fingerprint density at radius 2 is 1.86 bits per heavy atom. The molecule has 0 radical (unpaired) electrons. The summed E-state index contributed by atoms with van der Waals surface area (Å²) >= 11 is 0. The van der Waals surface area contributed by atoms with E-state index in [1.807, 2.05) is 37.2 Å². The van der Waals surface area contributed by atoms with Gasteiger partial charge in [0.25, 0.3) is 0 Å². The SMILES string of the molecule is CN(C)CCN(Cc1ccccc1)C(=O)C1(CN)CCC1. The Balaban J connectivity index is 2.09. The van der Waals surface area contributed by atoms with Crippen molar-refractivity contribution in [1.29, 1.82) is 0 Å². The molecule has 1 aromatic carbocycles. The first-order valence-corrected chi connectivity index (χ1v) is 7.75. The molecule has 0 atom stereocenters. The highest BCUT2D eigenvalue weighted by Crippen LogP contribution is 2.41. The van der Waals surface area contributed by atoms with Gasteiger partial charge in [-0.2, -0.15) is 0 Å². The molecule has 4 heteroatoms. The summed E-state index contributed by atoms with van der Waals surface area (Å²) in [5.41, 5.74) is 6.79. The molecule has 4 nitrogen and oxygen atoms in total. The summed E-state index contributed by atoms with van der Waals surface area (Å²) < 4.78 is 0. The molecule has 0 spiro atoms. The number of likely N-dealkylation sites (N-methyl/N-ethyl adjacent to an activating group) is 1. The van der Waals surface area contributed by atoms with Gasteiger partial charge in [-0.1, -0.05) is 36.8 Å². The largest absolute Gasteiger partial charge is 0.337 e. The van der Waals surface area contributed by atoms with Crippen LogP contribution in [0.1, 0.15) is 24.8 Å². The molecule has 0 heterocycles.